The van der Waals surface area contributed by atoms with E-state index in [-0.39, 0.29) is 46.7 Å². The average molecular weight is 843 g/mol. The molecule has 8 rings (SSSR count). The fraction of sp³-hybridized carbons (Fsp3) is 0.977. The Kier molecular flexibility index (Phi) is 10.9. The molecule has 2 spiro atoms. The summed E-state index contributed by atoms with van der Waals surface area (Å²) in [6.07, 6.45) is -10.5. The van der Waals surface area contributed by atoms with Crippen molar-refractivity contribution in [1.29, 1.82) is 0 Å². The molecular formula is C43H70O16. The van der Waals surface area contributed by atoms with Crippen LogP contribution in [0.15, 0.2) is 0 Å². The molecule has 0 radical (unpaired) electrons. The van der Waals surface area contributed by atoms with Gasteiger partial charge in [0.25, 0.3) is 0 Å². The van der Waals surface area contributed by atoms with Crippen LogP contribution in [0.5, 0.6) is 0 Å². The Hall–Kier alpha value is -1.09. The Balaban J connectivity index is 1.17. The van der Waals surface area contributed by atoms with Crippen molar-refractivity contribution in [1.82, 2.24) is 0 Å². The Bertz CT molecular complexity index is 1600. The van der Waals surface area contributed by atoms with Gasteiger partial charge in [0.1, 0.15) is 54.9 Å². The quantitative estimate of drug-likeness (QED) is 0.119. The standard InChI is InChI=1S/C43H70O16/c1-19-15-22(33(38(5,6)52)55-20(2)45)59-43(53)32(19)39(7)13-14-42-18-41(42)12-11-26(57-34-30(50)27(47)21(46)17-54-34)37(3,4)24(41)9-10-25(42)40(39,8)36(43)58-35-31(51)29(49)28(48)23(16-44)56-35/h19,21-36,44,46-53H,9-18H2,1-8H3/t19-,21+,22-,23-,24?,25?,26+,27+,28-,29+,30-,31-,32-,33+,34+,35+,36-,39-,40-,41-,42+,43?/m1/s1. The zero-order valence-corrected chi connectivity index (χ0v) is 35.8. The predicted octanol–water partition coefficient (Wildman–Crippen LogP) is 0.471. The number of carbonyl (C=O) groups excluding carboxylic acids is 1. The third-order valence-electron chi connectivity index (χ3n) is 18.0. The van der Waals surface area contributed by atoms with Crippen molar-refractivity contribution in [3.8, 4) is 0 Å². The highest BCUT2D eigenvalue weighted by Crippen LogP contribution is 2.90. The Morgan fingerprint density at radius 3 is 2.14 bits per heavy atom. The van der Waals surface area contributed by atoms with Crippen LogP contribution in [0.25, 0.3) is 0 Å². The summed E-state index contributed by atoms with van der Waals surface area (Å²) in [6, 6.07) is 0. The molecule has 59 heavy (non-hydrogen) atoms. The lowest BCUT2D eigenvalue weighted by Gasteiger charge is -2.64. The minimum Gasteiger partial charge on any atom is -0.457 e. The molecule has 8 fully saturated rings. The van der Waals surface area contributed by atoms with Crippen molar-refractivity contribution in [2.24, 2.45) is 50.7 Å². The number of hydrogen-bond acceptors (Lipinski definition) is 16. The van der Waals surface area contributed by atoms with Gasteiger partial charge >= 0.3 is 5.97 Å². The van der Waals surface area contributed by atoms with E-state index < -0.39 is 114 Å². The summed E-state index contributed by atoms with van der Waals surface area (Å²) in [5, 5.41) is 99.1. The molecule has 16 heteroatoms. The lowest BCUT2D eigenvalue weighted by Crippen LogP contribution is -2.65. The molecule has 9 N–H and O–H groups in total. The third-order valence-corrected chi connectivity index (χ3v) is 18.0. The Morgan fingerprint density at radius 1 is 0.847 bits per heavy atom. The molecule has 5 aliphatic carbocycles. The third kappa shape index (κ3) is 6.16. The van der Waals surface area contributed by atoms with E-state index in [9.17, 15) is 50.8 Å². The van der Waals surface area contributed by atoms with Gasteiger partial charge in [0.15, 0.2) is 24.5 Å². The van der Waals surface area contributed by atoms with Crippen molar-refractivity contribution in [2.45, 2.75) is 198 Å². The molecular weight excluding hydrogens is 772 g/mol. The van der Waals surface area contributed by atoms with Crippen molar-refractivity contribution in [3.63, 3.8) is 0 Å². The van der Waals surface area contributed by atoms with E-state index >= 15 is 0 Å². The summed E-state index contributed by atoms with van der Waals surface area (Å²) < 4.78 is 37.6. The second-order valence-corrected chi connectivity index (χ2v) is 21.6. The molecule has 5 saturated carbocycles. The van der Waals surface area contributed by atoms with E-state index in [1.807, 2.05) is 6.92 Å². The number of ether oxygens (including phenoxy) is 6. The molecule has 338 valence electrons. The molecule has 0 aromatic rings. The van der Waals surface area contributed by atoms with Gasteiger partial charge < -0.3 is 74.4 Å². The van der Waals surface area contributed by atoms with Gasteiger partial charge in [-0.2, -0.15) is 0 Å². The summed E-state index contributed by atoms with van der Waals surface area (Å²) in [6.45, 7) is 14.3. The second kappa shape index (κ2) is 14.5. The number of carbonyl (C=O) groups is 1. The Morgan fingerprint density at radius 2 is 1.49 bits per heavy atom. The van der Waals surface area contributed by atoms with Gasteiger partial charge in [-0.3, -0.25) is 4.79 Å². The van der Waals surface area contributed by atoms with Gasteiger partial charge in [-0.25, -0.2) is 0 Å². The molecule has 3 heterocycles. The summed E-state index contributed by atoms with van der Waals surface area (Å²) in [7, 11) is 0. The number of hydrogen-bond donors (Lipinski definition) is 9. The van der Waals surface area contributed by atoms with Gasteiger partial charge in [-0.1, -0.05) is 34.6 Å². The molecule has 22 atom stereocenters. The average Bonchev–Trinajstić information content (AvgIpc) is 3.79. The highest BCUT2D eigenvalue weighted by Gasteiger charge is 2.87. The van der Waals surface area contributed by atoms with E-state index in [4.69, 9.17) is 28.4 Å². The van der Waals surface area contributed by atoms with Gasteiger partial charge in [-0.05, 0) is 105 Å². The van der Waals surface area contributed by atoms with E-state index in [1.165, 1.54) is 20.8 Å². The summed E-state index contributed by atoms with van der Waals surface area (Å²) in [5.41, 5.74) is -3.61. The number of esters is 1. The van der Waals surface area contributed by atoms with Crippen LogP contribution in [0.3, 0.4) is 0 Å². The van der Waals surface area contributed by atoms with Crippen LogP contribution in [-0.2, 0) is 33.2 Å². The van der Waals surface area contributed by atoms with E-state index in [0.29, 0.717) is 12.8 Å². The zero-order valence-electron chi connectivity index (χ0n) is 35.8. The maximum absolute atomic E-state index is 13.5. The van der Waals surface area contributed by atoms with Crippen molar-refractivity contribution in [2.75, 3.05) is 13.2 Å². The summed E-state index contributed by atoms with van der Waals surface area (Å²) in [4.78, 5) is 12.4. The molecule has 3 aliphatic heterocycles. The number of fused-ring (bicyclic) bond motifs is 4. The van der Waals surface area contributed by atoms with Gasteiger partial charge in [-0.15, -0.1) is 0 Å². The van der Waals surface area contributed by atoms with Crippen LogP contribution in [0, 0.1) is 50.7 Å². The molecule has 0 bridgehead atoms. The second-order valence-electron chi connectivity index (χ2n) is 21.6. The zero-order chi connectivity index (χ0) is 43.2. The normalized spacial score (nSPS) is 55.7. The molecule has 0 amide bonds. The molecule has 3 saturated heterocycles. The van der Waals surface area contributed by atoms with Crippen molar-refractivity contribution >= 4 is 5.97 Å². The highest BCUT2D eigenvalue weighted by molar-refractivity contribution is 5.66. The molecule has 16 nitrogen and oxygen atoms in total. The monoisotopic (exact) mass is 842 g/mol. The van der Waals surface area contributed by atoms with Crippen LogP contribution in [-0.4, -0.2) is 156 Å². The highest BCUT2D eigenvalue weighted by atomic mass is 16.7. The smallest absolute Gasteiger partial charge is 0.303 e. The molecule has 0 aromatic heterocycles. The first-order valence-corrected chi connectivity index (χ1v) is 21.9. The minimum atomic E-state index is -2.07. The molecule has 0 aromatic carbocycles. The SMILES string of the molecule is CC(=O)O[C@@H]([C@H]1C[C@@H](C)[C@H]2C(O)(O1)[C@H](O[C@@H]1O[C@H](CO)[C@@H](O)[C@H](O)[C@H]1O)[C@@]1(C)C3CCC4C(C)(C)[C@@H](O[C@@H]5OC[C@H](O)[C@H](O)[C@H]5O)CC[C@@]45C[C@@]35CC[C@]21C)C(C)(C)O. The van der Waals surface area contributed by atoms with E-state index in [1.54, 1.807) is 0 Å². The fourth-order valence-corrected chi connectivity index (χ4v) is 15.3. The minimum absolute atomic E-state index is 0.0179. The van der Waals surface area contributed by atoms with Crippen LogP contribution in [0.1, 0.15) is 107 Å². The maximum Gasteiger partial charge on any atom is 0.303 e. The fourth-order valence-electron chi connectivity index (χ4n) is 15.3. The lowest BCUT2D eigenvalue weighted by atomic mass is 9.41. The van der Waals surface area contributed by atoms with Crippen LogP contribution in [0.4, 0.5) is 0 Å². The van der Waals surface area contributed by atoms with Crippen molar-refractivity contribution < 1.29 is 79.2 Å². The van der Waals surface area contributed by atoms with Gasteiger partial charge in [0.05, 0.1) is 24.9 Å². The lowest BCUT2D eigenvalue weighted by molar-refractivity contribution is -0.384. The van der Waals surface area contributed by atoms with Gasteiger partial charge in [0, 0.05) is 18.3 Å². The van der Waals surface area contributed by atoms with E-state index in [0.717, 1.165) is 38.5 Å². The first-order valence-electron chi connectivity index (χ1n) is 21.9. The van der Waals surface area contributed by atoms with Gasteiger partial charge in [0.2, 0.25) is 0 Å². The largest absolute Gasteiger partial charge is 0.457 e. The van der Waals surface area contributed by atoms with E-state index in [2.05, 4.69) is 27.7 Å². The first kappa shape index (κ1) is 44.5. The summed E-state index contributed by atoms with van der Waals surface area (Å²) in [5.74, 6) is -3.23. The van der Waals surface area contributed by atoms with Crippen molar-refractivity contribution in [3.05, 3.63) is 0 Å². The van der Waals surface area contributed by atoms with Crippen LogP contribution < -0.4 is 0 Å². The topological polar surface area (TPSA) is 255 Å². The van der Waals surface area contributed by atoms with Crippen LogP contribution >= 0.6 is 0 Å². The molecule has 3 unspecified atom stereocenters. The predicted molar refractivity (Wildman–Crippen MR) is 204 cm³/mol. The van der Waals surface area contributed by atoms with Crippen LogP contribution in [0.2, 0.25) is 0 Å². The maximum atomic E-state index is 13.5. The summed E-state index contributed by atoms with van der Waals surface area (Å²) >= 11 is 0. The number of rotatable bonds is 8. The number of aliphatic hydroxyl groups is 9. The number of aliphatic hydroxyl groups excluding tert-OH is 7. The molecule has 8 aliphatic rings. The Labute approximate surface area is 346 Å². The first-order chi connectivity index (χ1) is 27.4.